The van der Waals surface area contributed by atoms with E-state index in [1.165, 1.54) is 19.1 Å². The van der Waals surface area contributed by atoms with Gasteiger partial charge in [-0.2, -0.15) is 0 Å². The minimum absolute atomic E-state index is 0.0568. The molecule has 0 bridgehead atoms. The molecule has 0 saturated carbocycles. The van der Waals surface area contributed by atoms with E-state index in [1.807, 2.05) is 20.8 Å². The molecular formula is C18H21ClN2O4S. The van der Waals surface area contributed by atoms with Crippen LogP contribution in [-0.2, 0) is 14.8 Å². The molecule has 0 radical (unpaired) electrons. The minimum Gasteiger partial charge on any atom is -0.480 e. The van der Waals surface area contributed by atoms with Crippen LogP contribution in [0.15, 0.2) is 41.3 Å². The number of hydrazine groups is 1. The Labute approximate surface area is 158 Å². The molecule has 0 saturated heterocycles. The number of halogens is 1. The smallest absolute Gasteiger partial charge is 0.275 e. The monoisotopic (exact) mass is 396 g/mol. The number of hydrogen-bond donors (Lipinski definition) is 2. The SMILES string of the molecule is Cc1ccc(S(=O)(=O)NNC(=O)[C@@H](C)Oc2c(C)cc(Cl)cc2C)cc1. The maximum atomic E-state index is 12.2. The van der Waals surface area contributed by atoms with E-state index in [-0.39, 0.29) is 4.90 Å². The van der Waals surface area contributed by atoms with Crippen LogP contribution >= 0.6 is 11.6 Å². The highest BCUT2D eigenvalue weighted by atomic mass is 35.5. The third kappa shape index (κ3) is 4.97. The first kappa shape index (κ1) is 20.2. The number of sulfonamides is 1. The van der Waals surface area contributed by atoms with Crippen molar-refractivity contribution in [2.75, 3.05) is 0 Å². The Kier molecular flexibility index (Phi) is 6.28. The molecule has 0 heterocycles. The van der Waals surface area contributed by atoms with Crippen LogP contribution in [0.3, 0.4) is 0 Å². The Morgan fingerprint density at radius 3 is 2.15 bits per heavy atom. The molecule has 2 rings (SSSR count). The van der Waals surface area contributed by atoms with Gasteiger partial charge < -0.3 is 4.74 Å². The summed E-state index contributed by atoms with van der Waals surface area (Å²) in [7, 11) is -3.86. The number of carbonyl (C=O) groups excluding carboxylic acids is 1. The lowest BCUT2D eigenvalue weighted by Gasteiger charge is -2.18. The molecule has 1 atom stereocenters. The average molecular weight is 397 g/mol. The van der Waals surface area contributed by atoms with E-state index in [1.54, 1.807) is 24.3 Å². The second-order valence-corrected chi connectivity index (χ2v) is 8.16. The Hall–Kier alpha value is -2.09. The number of nitrogens with one attached hydrogen (secondary N) is 2. The van der Waals surface area contributed by atoms with Crippen molar-refractivity contribution in [3.63, 3.8) is 0 Å². The summed E-state index contributed by atoms with van der Waals surface area (Å²) in [5.74, 6) is -0.0760. The van der Waals surface area contributed by atoms with Gasteiger partial charge in [-0.15, -0.1) is 4.83 Å². The molecule has 26 heavy (non-hydrogen) atoms. The molecule has 0 spiro atoms. The highest BCUT2D eigenvalue weighted by molar-refractivity contribution is 7.89. The fourth-order valence-electron chi connectivity index (χ4n) is 2.31. The number of hydrogen-bond acceptors (Lipinski definition) is 4. The largest absolute Gasteiger partial charge is 0.480 e. The summed E-state index contributed by atoms with van der Waals surface area (Å²) in [6, 6.07) is 9.74. The molecule has 0 aliphatic heterocycles. The van der Waals surface area contributed by atoms with E-state index in [0.29, 0.717) is 10.8 Å². The van der Waals surface area contributed by atoms with Gasteiger partial charge in [0.1, 0.15) is 5.75 Å². The van der Waals surface area contributed by atoms with Gasteiger partial charge in [-0.3, -0.25) is 10.2 Å². The average Bonchev–Trinajstić information content (AvgIpc) is 2.56. The molecule has 2 aromatic rings. The summed E-state index contributed by atoms with van der Waals surface area (Å²) in [5.41, 5.74) is 4.69. The van der Waals surface area contributed by atoms with Crippen molar-refractivity contribution >= 4 is 27.5 Å². The van der Waals surface area contributed by atoms with Crippen molar-refractivity contribution in [2.24, 2.45) is 0 Å². The fourth-order valence-corrected chi connectivity index (χ4v) is 3.48. The van der Waals surface area contributed by atoms with Crippen LogP contribution < -0.4 is 15.0 Å². The minimum atomic E-state index is -3.86. The van der Waals surface area contributed by atoms with E-state index in [4.69, 9.17) is 16.3 Å². The lowest BCUT2D eigenvalue weighted by molar-refractivity contribution is -0.127. The van der Waals surface area contributed by atoms with Crippen LogP contribution in [0.2, 0.25) is 5.02 Å². The van der Waals surface area contributed by atoms with Crippen LogP contribution in [0, 0.1) is 20.8 Å². The maximum Gasteiger partial charge on any atom is 0.275 e. The predicted octanol–water partition coefficient (Wildman–Crippen LogP) is 3.04. The second-order valence-electron chi connectivity index (χ2n) is 6.04. The lowest BCUT2D eigenvalue weighted by Crippen LogP contribution is -2.47. The molecule has 0 aromatic heterocycles. The number of benzene rings is 2. The molecule has 0 fully saturated rings. The van der Waals surface area contributed by atoms with Crippen LogP contribution in [0.1, 0.15) is 23.6 Å². The highest BCUT2D eigenvalue weighted by Crippen LogP contribution is 2.27. The highest BCUT2D eigenvalue weighted by Gasteiger charge is 2.20. The van der Waals surface area contributed by atoms with E-state index < -0.39 is 22.0 Å². The summed E-state index contributed by atoms with van der Waals surface area (Å²) >= 11 is 5.98. The van der Waals surface area contributed by atoms with Crippen molar-refractivity contribution in [1.82, 2.24) is 10.3 Å². The third-order valence-corrected chi connectivity index (χ3v) is 5.21. The van der Waals surface area contributed by atoms with Crippen molar-refractivity contribution in [2.45, 2.75) is 38.7 Å². The van der Waals surface area contributed by atoms with E-state index >= 15 is 0 Å². The zero-order chi connectivity index (χ0) is 19.5. The first-order valence-corrected chi connectivity index (χ1v) is 9.78. The maximum absolute atomic E-state index is 12.2. The van der Waals surface area contributed by atoms with Gasteiger partial charge in [0, 0.05) is 5.02 Å². The van der Waals surface area contributed by atoms with Gasteiger partial charge in [-0.25, -0.2) is 8.42 Å². The zero-order valence-corrected chi connectivity index (χ0v) is 16.5. The van der Waals surface area contributed by atoms with E-state index in [9.17, 15) is 13.2 Å². The molecule has 2 N–H and O–H groups in total. The number of carbonyl (C=O) groups is 1. The fraction of sp³-hybridized carbons (Fsp3) is 0.278. The van der Waals surface area contributed by atoms with Gasteiger partial charge in [-0.1, -0.05) is 29.3 Å². The lowest BCUT2D eigenvalue weighted by atomic mass is 10.1. The normalized spacial score (nSPS) is 12.5. The summed E-state index contributed by atoms with van der Waals surface area (Å²) in [6.07, 6.45) is -0.908. The molecule has 0 aliphatic carbocycles. The van der Waals surface area contributed by atoms with Crippen molar-refractivity contribution < 1.29 is 17.9 Å². The first-order chi connectivity index (χ1) is 12.1. The predicted molar refractivity (Wildman–Crippen MR) is 101 cm³/mol. The van der Waals surface area contributed by atoms with E-state index in [2.05, 4.69) is 10.3 Å². The van der Waals surface area contributed by atoms with Crippen molar-refractivity contribution in [3.05, 3.63) is 58.1 Å². The topological polar surface area (TPSA) is 84.5 Å². The van der Waals surface area contributed by atoms with Crippen LogP contribution in [0.25, 0.3) is 0 Å². The summed E-state index contributed by atoms with van der Waals surface area (Å²) in [6.45, 7) is 7.02. The van der Waals surface area contributed by atoms with E-state index in [0.717, 1.165) is 16.7 Å². The molecule has 6 nitrogen and oxygen atoms in total. The Bertz CT molecular complexity index is 888. The van der Waals surface area contributed by atoms with Gasteiger partial charge in [0.2, 0.25) is 0 Å². The number of amides is 1. The van der Waals surface area contributed by atoms with Crippen LogP contribution in [0.4, 0.5) is 0 Å². The molecule has 1 amide bonds. The van der Waals surface area contributed by atoms with Crippen molar-refractivity contribution in [1.29, 1.82) is 0 Å². The Morgan fingerprint density at radius 2 is 1.62 bits per heavy atom. The van der Waals surface area contributed by atoms with Gasteiger partial charge in [-0.05, 0) is 63.1 Å². The molecule has 0 aliphatic rings. The van der Waals surface area contributed by atoms with Gasteiger partial charge in [0.05, 0.1) is 4.90 Å². The zero-order valence-electron chi connectivity index (χ0n) is 15.0. The molecular weight excluding hydrogens is 376 g/mol. The summed E-state index contributed by atoms with van der Waals surface area (Å²) in [4.78, 5) is 14.3. The van der Waals surface area contributed by atoms with Crippen molar-refractivity contribution in [3.8, 4) is 5.75 Å². The van der Waals surface area contributed by atoms with Crippen LogP contribution in [-0.4, -0.2) is 20.4 Å². The number of aryl methyl sites for hydroxylation is 3. The molecule has 2 aromatic carbocycles. The van der Waals surface area contributed by atoms with Gasteiger partial charge in [0.25, 0.3) is 15.9 Å². The Morgan fingerprint density at radius 1 is 1.08 bits per heavy atom. The molecule has 8 heteroatoms. The second kappa shape index (κ2) is 8.07. The third-order valence-electron chi connectivity index (χ3n) is 3.73. The number of rotatable bonds is 6. The Balaban J connectivity index is 2.02. The molecule has 140 valence electrons. The first-order valence-electron chi connectivity index (χ1n) is 7.92. The summed E-state index contributed by atoms with van der Waals surface area (Å²) in [5, 5.41) is 0.579. The summed E-state index contributed by atoms with van der Waals surface area (Å²) < 4.78 is 30.1. The van der Waals surface area contributed by atoms with Gasteiger partial charge >= 0.3 is 0 Å². The quantitative estimate of drug-likeness (QED) is 0.735. The number of ether oxygens (including phenoxy) is 1. The van der Waals surface area contributed by atoms with Gasteiger partial charge in [0.15, 0.2) is 6.10 Å². The van der Waals surface area contributed by atoms with Crippen LogP contribution in [0.5, 0.6) is 5.75 Å². The molecule has 0 unspecified atom stereocenters. The standard InChI is InChI=1S/C18H21ClN2O4S/c1-11-5-7-16(8-6-11)26(23,24)21-20-18(22)14(4)25-17-12(2)9-15(19)10-13(17)3/h5-10,14,21H,1-4H3,(H,20,22)/t14-/m1/s1.